The van der Waals surface area contributed by atoms with E-state index in [1.807, 2.05) is 13.0 Å². The summed E-state index contributed by atoms with van der Waals surface area (Å²) in [6, 6.07) is 1.86. The Hall–Kier alpha value is -0.690. The van der Waals surface area contributed by atoms with Crippen molar-refractivity contribution in [2.75, 3.05) is 0 Å². The second-order valence-corrected chi connectivity index (χ2v) is 4.53. The van der Waals surface area contributed by atoms with Crippen LogP contribution in [-0.2, 0) is 13.0 Å². The third-order valence-electron chi connectivity index (χ3n) is 1.80. The highest BCUT2D eigenvalue weighted by atomic mass is 79.9. The quantitative estimate of drug-likeness (QED) is 0.864. The second kappa shape index (κ2) is 4.44. The van der Waals surface area contributed by atoms with Crippen LogP contribution in [0.1, 0.15) is 18.6 Å². The van der Waals surface area contributed by atoms with E-state index < -0.39 is 0 Å². The molecule has 0 aliphatic heterocycles. The van der Waals surface area contributed by atoms with Crippen molar-refractivity contribution in [3.8, 4) is 0 Å². The van der Waals surface area contributed by atoms with Gasteiger partial charge in [-0.1, -0.05) is 12.1 Å². The van der Waals surface area contributed by atoms with Gasteiger partial charge in [-0.3, -0.25) is 0 Å². The van der Waals surface area contributed by atoms with Gasteiger partial charge >= 0.3 is 0 Å². The van der Waals surface area contributed by atoms with Gasteiger partial charge in [-0.2, -0.15) is 10.1 Å². The first-order valence-electron chi connectivity index (χ1n) is 4.39. The van der Waals surface area contributed by atoms with Gasteiger partial charge in [0.05, 0.1) is 0 Å². The van der Waals surface area contributed by atoms with Crippen LogP contribution >= 0.6 is 31.9 Å². The number of hydrogen-bond acceptors (Lipinski definition) is 4. The average molecular weight is 336 g/mol. The third kappa shape index (κ3) is 2.46. The first-order valence-corrected chi connectivity index (χ1v) is 5.98. The topological polar surface area (TPSA) is 56.7 Å². The van der Waals surface area contributed by atoms with E-state index >= 15 is 0 Å². The molecule has 2 aromatic rings. The molecule has 15 heavy (non-hydrogen) atoms. The first kappa shape index (κ1) is 10.8. The summed E-state index contributed by atoms with van der Waals surface area (Å²) < 4.78 is 8.39. The lowest BCUT2D eigenvalue weighted by Gasteiger charge is -1.96. The molecular weight excluding hydrogens is 328 g/mol. The van der Waals surface area contributed by atoms with Crippen molar-refractivity contribution in [3.63, 3.8) is 0 Å². The van der Waals surface area contributed by atoms with Crippen LogP contribution in [0.15, 0.2) is 19.8 Å². The van der Waals surface area contributed by atoms with Crippen molar-refractivity contribution in [2.24, 2.45) is 0 Å². The zero-order valence-electron chi connectivity index (χ0n) is 7.94. The molecule has 0 spiro atoms. The molecule has 2 rings (SSSR count). The smallest absolute Gasteiger partial charge is 0.226 e. The highest BCUT2D eigenvalue weighted by molar-refractivity contribution is 9.11. The zero-order chi connectivity index (χ0) is 10.8. The van der Waals surface area contributed by atoms with Gasteiger partial charge in [0, 0.05) is 12.5 Å². The van der Waals surface area contributed by atoms with E-state index in [2.05, 4.69) is 47.1 Å². The van der Waals surface area contributed by atoms with Crippen molar-refractivity contribution >= 4 is 31.9 Å². The van der Waals surface area contributed by atoms with E-state index in [9.17, 15) is 0 Å². The van der Waals surface area contributed by atoms with Gasteiger partial charge in [0.15, 0.2) is 5.82 Å². The van der Waals surface area contributed by atoms with Crippen LogP contribution in [0.4, 0.5) is 0 Å². The van der Waals surface area contributed by atoms with Crippen molar-refractivity contribution in [2.45, 2.75) is 19.9 Å². The molecule has 2 aromatic heterocycles. The molecule has 0 aromatic carbocycles. The third-order valence-corrected chi connectivity index (χ3v) is 2.83. The fraction of sp³-hybridized carbons (Fsp3) is 0.375. The van der Waals surface area contributed by atoms with Gasteiger partial charge < -0.3 is 4.52 Å². The number of rotatable bonds is 3. The summed E-state index contributed by atoms with van der Waals surface area (Å²) in [5.74, 6) is 1.27. The Labute approximate surface area is 103 Å². The molecule has 0 bridgehead atoms. The number of aryl methyl sites for hydroxylation is 1. The van der Waals surface area contributed by atoms with Crippen molar-refractivity contribution < 1.29 is 4.52 Å². The van der Waals surface area contributed by atoms with Gasteiger partial charge in [0.2, 0.25) is 5.89 Å². The molecule has 0 atom stereocenters. The largest absolute Gasteiger partial charge is 0.339 e. The number of hydrogen-bond donors (Lipinski definition) is 0. The van der Waals surface area contributed by atoms with Gasteiger partial charge in [-0.15, -0.1) is 0 Å². The molecule has 0 N–H and O–H groups in total. The normalized spacial score (nSPS) is 10.9. The lowest BCUT2D eigenvalue weighted by molar-refractivity contribution is 0.374. The van der Waals surface area contributed by atoms with E-state index in [-0.39, 0.29) is 0 Å². The van der Waals surface area contributed by atoms with E-state index in [4.69, 9.17) is 4.52 Å². The molecule has 0 fully saturated rings. The molecular formula is C8H8Br2N4O. The summed E-state index contributed by atoms with van der Waals surface area (Å²) in [5, 5.41) is 8.05. The van der Waals surface area contributed by atoms with Crippen LogP contribution in [0, 0.1) is 0 Å². The predicted molar refractivity (Wildman–Crippen MR) is 60.4 cm³/mol. The maximum atomic E-state index is 5.00. The summed E-state index contributed by atoms with van der Waals surface area (Å²) >= 11 is 6.67. The standard InChI is InChI=1S/C8H8Br2N4O/c1-2-8-11-7(13-15-8)4-14-6(10)3-5(9)12-14/h3H,2,4H2,1H3. The maximum absolute atomic E-state index is 5.00. The molecule has 7 heteroatoms. The van der Waals surface area contributed by atoms with Crippen LogP contribution in [0.3, 0.4) is 0 Å². The van der Waals surface area contributed by atoms with Crippen LogP contribution in [0.5, 0.6) is 0 Å². The molecule has 0 saturated carbocycles. The Morgan fingerprint density at radius 3 is 2.80 bits per heavy atom. The van der Waals surface area contributed by atoms with Crippen LogP contribution < -0.4 is 0 Å². The fourth-order valence-corrected chi connectivity index (χ4v) is 2.24. The summed E-state index contributed by atoms with van der Waals surface area (Å²) in [7, 11) is 0. The second-order valence-electron chi connectivity index (χ2n) is 2.91. The maximum Gasteiger partial charge on any atom is 0.226 e. The summed E-state index contributed by atoms with van der Waals surface area (Å²) in [5.41, 5.74) is 0. The lowest BCUT2D eigenvalue weighted by Crippen LogP contribution is -2.03. The fourth-order valence-electron chi connectivity index (χ4n) is 1.11. The molecule has 0 amide bonds. The molecule has 0 unspecified atom stereocenters. The minimum atomic E-state index is 0.496. The first-order chi connectivity index (χ1) is 7.19. The van der Waals surface area contributed by atoms with Gasteiger partial charge in [0.1, 0.15) is 15.8 Å². The Kier molecular flexibility index (Phi) is 3.20. The summed E-state index contributed by atoms with van der Waals surface area (Å²) in [6.45, 7) is 2.47. The monoisotopic (exact) mass is 334 g/mol. The SMILES string of the molecule is CCc1nc(Cn2nc(Br)cc2Br)no1. The lowest BCUT2D eigenvalue weighted by atomic mass is 10.5. The average Bonchev–Trinajstić information content (AvgIpc) is 2.75. The highest BCUT2D eigenvalue weighted by Gasteiger charge is 2.08. The number of aromatic nitrogens is 4. The Balaban J connectivity index is 2.17. The predicted octanol–water partition coefficient (Wildman–Crippen LogP) is 2.40. The van der Waals surface area contributed by atoms with E-state index in [0.29, 0.717) is 18.3 Å². The molecule has 2 heterocycles. The molecule has 0 aliphatic carbocycles. The molecule has 80 valence electrons. The molecule has 0 radical (unpaired) electrons. The highest BCUT2D eigenvalue weighted by Crippen LogP contribution is 2.17. The molecule has 0 aliphatic rings. The van der Waals surface area contributed by atoms with Gasteiger partial charge in [0.25, 0.3) is 0 Å². The van der Waals surface area contributed by atoms with Gasteiger partial charge in [-0.25, -0.2) is 4.68 Å². The van der Waals surface area contributed by atoms with Gasteiger partial charge in [-0.05, 0) is 31.9 Å². The van der Waals surface area contributed by atoms with Crippen LogP contribution in [0.25, 0.3) is 0 Å². The number of halogens is 2. The molecule has 5 nitrogen and oxygen atoms in total. The Bertz CT molecular complexity index is 465. The Morgan fingerprint density at radius 1 is 1.47 bits per heavy atom. The zero-order valence-corrected chi connectivity index (χ0v) is 11.1. The number of nitrogens with zero attached hydrogens (tertiary/aromatic N) is 4. The van der Waals surface area contributed by atoms with Crippen LogP contribution in [0.2, 0.25) is 0 Å². The van der Waals surface area contributed by atoms with Crippen molar-refractivity contribution in [1.82, 2.24) is 19.9 Å². The summed E-state index contributed by atoms with van der Waals surface area (Å²) in [6.07, 6.45) is 0.747. The van der Waals surface area contributed by atoms with E-state index in [1.54, 1.807) is 4.68 Å². The van der Waals surface area contributed by atoms with E-state index in [0.717, 1.165) is 15.6 Å². The van der Waals surface area contributed by atoms with Crippen molar-refractivity contribution in [3.05, 3.63) is 27.0 Å². The minimum absolute atomic E-state index is 0.496. The Morgan fingerprint density at radius 2 is 2.27 bits per heavy atom. The van der Waals surface area contributed by atoms with Crippen LogP contribution in [-0.4, -0.2) is 19.9 Å². The van der Waals surface area contributed by atoms with E-state index in [1.165, 1.54) is 0 Å². The summed E-state index contributed by atoms with van der Waals surface area (Å²) in [4.78, 5) is 4.20. The van der Waals surface area contributed by atoms with Crippen molar-refractivity contribution in [1.29, 1.82) is 0 Å². The molecule has 0 saturated heterocycles. The minimum Gasteiger partial charge on any atom is -0.339 e.